The Bertz CT molecular complexity index is 842. The summed E-state index contributed by atoms with van der Waals surface area (Å²) in [4.78, 5) is 14.2. The predicted molar refractivity (Wildman–Crippen MR) is 94.3 cm³/mol. The average Bonchev–Trinajstić information content (AvgIpc) is 3.17. The predicted octanol–water partition coefficient (Wildman–Crippen LogP) is 3.02. The van der Waals surface area contributed by atoms with Gasteiger partial charge in [-0.25, -0.2) is 4.79 Å². The number of benzene rings is 1. The van der Waals surface area contributed by atoms with Crippen molar-refractivity contribution in [3.8, 4) is 0 Å². The molecule has 126 valence electrons. The maximum atomic E-state index is 12.2. The molecule has 2 N–H and O–H groups in total. The molecule has 3 rings (SSSR count). The number of furan rings is 1. The van der Waals surface area contributed by atoms with Crippen molar-refractivity contribution in [2.75, 3.05) is 26.0 Å². The number of urea groups is 1. The van der Waals surface area contributed by atoms with Gasteiger partial charge in [0.25, 0.3) is 0 Å². The molecule has 0 saturated carbocycles. The van der Waals surface area contributed by atoms with Crippen LogP contribution in [-0.4, -0.2) is 40.3 Å². The molecule has 0 aliphatic rings. The minimum Gasteiger partial charge on any atom is -0.465 e. The number of fused-ring (bicyclic) bond motifs is 1. The standard InChI is InChI=1S/C16H19N5O2S/c1-10-7-8-14(23-10)13(21(2)3)9-17-16(22)18-11-5-4-6-12-15(11)20-24-19-12/h4-8,13H,9H2,1-3H3,(H2,17,18,22)/t13-/m0/s1. The highest BCUT2D eigenvalue weighted by Gasteiger charge is 2.19. The van der Waals surface area contributed by atoms with Gasteiger partial charge in [-0.05, 0) is 45.3 Å². The van der Waals surface area contributed by atoms with Gasteiger partial charge in [-0.15, -0.1) is 0 Å². The van der Waals surface area contributed by atoms with Gasteiger partial charge in [-0.1, -0.05) is 6.07 Å². The number of likely N-dealkylation sites (N-methyl/N-ethyl adjacent to an activating group) is 1. The zero-order valence-corrected chi connectivity index (χ0v) is 14.6. The van der Waals surface area contributed by atoms with E-state index in [4.69, 9.17) is 4.42 Å². The third-order valence-electron chi connectivity index (χ3n) is 3.70. The second-order valence-electron chi connectivity index (χ2n) is 5.70. The van der Waals surface area contributed by atoms with Gasteiger partial charge in [0, 0.05) is 6.54 Å². The number of anilines is 1. The highest BCUT2D eigenvalue weighted by atomic mass is 32.1. The summed E-state index contributed by atoms with van der Waals surface area (Å²) in [5, 5.41) is 5.71. The van der Waals surface area contributed by atoms with E-state index in [1.165, 1.54) is 0 Å². The van der Waals surface area contributed by atoms with E-state index in [2.05, 4.69) is 19.4 Å². The van der Waals surface area contributed by atoms with Gasteiger partial charge in [0.15, 0.2) is 0 Å². The van der Waals surface area contributed by atoms with Crippen LogP contribution in [0, 0.1) is 6.92 Å². The van der Waals surface area contributed by atoms with Crippen molar-refractivity contribution in [2.24, 2.45) is 0 Å². The van der Waals surface area contributed by atoms with E-state index < -0.39 is 0 Å². The number of aromatic nitrogens is 2. The lowest BCUT2D eigenvalue weighted by Gasteiger charge is -2.22. The molecule has 0 unspecified atom stereocenters. The maximum absolute atomic E-state index is 12.2. The second-order valence-corrected chi connectivity index (χ2v) is 6.23. The van der Waals surface area contributed by atoms with Gasteiger partial charge >= 0.3 is 6.03 Å². The minimum absolute atomic E-state index is 0.0406. The number of aryl methyl sites for hydroxylation is 1. The number of rotatable bonds is 5. The lowest BCUT2D eigenvalue weighted by Crippen LogP contribution is -2.36. The van der Waals surface area contributed by atoms with Gasteiger partial charge in [0.1, 0.15) is 22.6 Å². The first kappa shape index (κ1) is 16.4. The number of nitrogens with one attached hydrogen (secondary N) is 2. The van der Waals surface area contributed by atoms with Gasteiger partial charge < -0.3 is 15.1 Å². The van der Waals surface area contributed by atoms with Crippen molar-refractivity contribution in [1.82, 2.24) is 19.0 Å². The van der Waals surface area contributed by atoms with E-state index in [0.717, 1.165) is 28.8 Å². The molecule has 0 aliphatic heterocycles. The van der Waals surface area contributed by atoms with Crippen LogP contribution >= 0.6 is 11.7 Å². The van der Waals surface area contributed by atoms with Gasteiger partial charge in [-0.3, -0.25) is 4.90 Å². The second kappa shape index (κ2) is 6.98. The summed E-state index contributed by atoms with van der Waals surface area (Å²) in [6.45, 7) is 2.33. The largest absolute Gasteiger partial charge is 0.465 e. The summed E-state index contributed by atoms with van der Waals surface area (Å²) in [6, 6.07) is 9.04. The molecule has 0 spiro atoms. The van der Waals surface area contributed by atoms with Crippen molar-refractivity contribution in [3.63, 3.8) is 0 Å². The summed E-state index contributed by atoms with van der Waals surface area (Å²) in [6.07, 6.45) is 0. The molecule has 0 fully saturated rings. The van der Waals surface area contributed by atoms with Crippen LogP contribution in [-0.2, 0) is 0 Å². The maximum Gasteiger partial charge on any atom is 0.319 e. The van der Waals surface area contributed by atoms with E-state index in [1.807, 2.05) is 56.3 Å². The molecule has 2 aromatic heterocycles. The van der Waals surface area contributed by atoms with Crippen molar-refractivity contribution >= 4 is 34.5 Å². The summed E-state index contributed by atoms with van der Waals surface area (Å²) in [7, 11) is 3.90. The molecule has 1 atom stereocenters. The fraction of sp³-hybridized carbons (Fsp3) is 0.312. The first-order valence-electron chi connectivity index (χ1n) is 7.53. The summed E-state index contributed by atoms with van der Waals surface area (Å²) in [5.74, 6) is 1.67. The Hall–Kier alpha value is -2.45. The summed E-state index contributed by atoms with van der Waals surface area (Å²) in [5.41, 5.74) is 2.12. The number of hydrogen-bond donors (Lipinski definition) is 2. The Labute approximate surface area is 144 Å². The Morgan fingerprint density at radius 1 is 1.29 bits per heavy atom. The zero-order valence-electron chi connectivity index (χ0n) is 13.7. The van der Waals surface area contributed by atoms with Crippen molar-refractivity contribution < 1.29 is 9.21 Å². The van der Waals surface area contributed by atoms with E-state index in [9.17, 15) is 4.79 Å². The molecular weight excluding hydrogens is 326 g/mol. The lowest BCUT2D eigenvalue weighted by atomic mass is 10.2. The van der Waals surface area contributed by atoms with Crippen molar-refractivity contribution in [3.05, 3.63) is 41.9 Å². The van der Waals surface area contributed by atoms with Crippen LogP contribution in [0.3, 0.4) is 0 Å². The highest BCUT2D eigenvalue weighted by Crippen LogP contribution is 2.22. The van der Waals surface area contributed by atoms with Gasteiger partial charge in [-0.2, -0.15) is 8.75 Å². The summed E-state index contributed by atoms with van der Waals surface area (Å²) < 4.78 is 14.1. The topological polar surface area (TPSA) is 83.3 Å². The van der Waals surface area contributed by atoms with Crippen molar-refractivity contribution in [2.45, 2.75) is 13.0 Å². The Balaban J connectivity index is 1.65. The summed E-state index contributed by atoms with van der Waals surface area (Å²) >= 11 is 1.13. The smallest absolute Gasteiger partial charge is 0.319 e. The molecule has 0 bridgehead atoms. The van der Waals surface area contributed by atoms with Gasteiger partial charge in [0.05, 0.1) is 23.5 Å². The molecule has 24 heavy (non-hydrogen) atoms. The molecule has 1 aromatic carbocycles. The molecule has 0 saturated heterocycles. The number of nitrogens with zero attached hydrogens (tertiary/aromatic N) is 3. The first-order valence-corrected chi connectivity index (χ1v) is 8.26. The van der Waals surface area contributed by atoms with E-state index >= 15 is 0 Å². The fourth-order valence-electron chi connectivity index (χ4n) is 2.43. The van der Waals surface area contributed by atoms with Crippen molar-refractivity contribution in [1.29, 1.82) is 0 Å². The number of amides is 2. The molecule has 7 nitrogen and oxygen atoms in total. The van der Waals surface area contributed by atoms with Crippen LogP contribution in [0.15, 0.2) is 34.7 Å². The average molecular weight is 345 g/mol. The molecule has 2 amide bonds. The Morgan fingerprint density at radius 3 is 2.83 bits per heavy atom. The minimum atomic E-state index is -0.286. The van der Waals surface area contributed by atoms with Crippen LogP contribution in [0.25, 0.3) is 11.0 Å². The lowest BCUT2D eigenvalue weighted by molar-refractivity contribution is 0.232. The first-order chi connectivity index (χ1) is 11.5. The Kier molecular flexibility index (Phi) is 4.77. The van der Waals surface area contributed by atoms with Crippen LogP contribution in [0.5, 0.6) is 0 Å². The van der Waals surface area contributed by atoms with E-state index in [-0.39, 0.29) is 12.1 Å². The molecule has 0 aliphatic carbocycles. The van der Waals surface area contributed by atoms with Crippen LogP contribution < -0.4 is 10.6 Å². The monoisotopic (exact) mass is 345 g/mol. The van der Waals surface area contributed by atoms with E-state index in [1.54, 1.807) is 0 Å². The molecule has 2 heterocycles. The Morgan fingerprint density at radius 2 is 2.12 bits per heavy atom. The van der Waals surface area contributed by atoms with Crippen LogP contribution in [0.2, 0.25) is 0 Å². The molecule has 3 aromatic rings. The third kappa shape index (κ3) is 3.55. The zero-order chi connectivity index (χ0) is 17.1. The highest BCUT2D eigenvalue weighted by molar-refractivity contribution is 7.00. The van der Waals surface area contributed by atoms with Gasteiger partial charge in [0.2, 0.25) is 0 Å². The molecule has 8 heteroatoms. The quantitative estimate of drug-likeness (QED) is 0.743. The number of carbonyl (C=O) groups excluding carboxylic acids is 1. The number of hydrogen-bond acceptors (Lipinski definition) is 6. The third-order valence-corrected chi connectivity index (χ3v) is 4.25. The van der Waals surface area contributed by atoms with E-state index in [0.29, 0.717) is 17.7 Å². The molecule has 0 radical (unpaired) electrons. The fourth-order valence-corrected chi connectivity index (χ4v) is 2.98. The number of carbonyl (C=O) groups is 1. The normalized spacial score (nSPS) is 12.5. The molecular formula is C16H19N5O2S. The SMILES string of the molecule is Cc1ccc([C@H](CNC(=O)Nc2cccc3nsnc23)N(C)C)o1. The van der Waals surface area contributed by atoms with Crippen LogP contribution in [0.1, 0.15) is 17.6 Å². The van der Waals surface area contributed by atoms with Crippen LogP contribution in [0.4, 0.5) is 10.5 Å².